The van der Waals surface area contributed by atoms with Crippen molar-refractivity contribution in [3.05, 3.63) is 29.8 Å². The number of hydrogen-bond donors (Lipinski definition) is 2. The molecule has 5 nitrogen and oxygen atoms in total. The van der Waals surface area contributed by atoms with Crippen LogP contribution in [0.2, 0.25) is 0 Å². The summed E-state index contributed by atoms with van der Waals surface area (Å²) >= 11 is 0. The first-order valence-corrected chi connectivity index (χ1v) is 6.29. The van der Waals surface area contributed by atoms with Crippen molar-refractivity contribution in [3.8, 4) is 0 Å². The van der Waals surface area contributed by atoms with Crippen LogP contribution in [-0.2, 0) is 14.3 Å². The zero-order valence-corrected chi connectivity index (χ0v) is 12.1. The largest absolute Gasteiger partial charge is 0.463 e. The maximum Gasteiger partial charge on any atom is 0.441 e. The van der Waals surface area contributed by atoms with Gasteiger partial charge in [-0.2, -0.15) is 13.2 Å². The highest BCUT2D eigenvalue weighted by Crippen LogP contribution is 2.34. The molecular weight excluding hydrogens is 327 g/mol. The Balaban J connectivity index is 3.41. The van der Waals surface area contributed by atoms with Crippen LogP contribution in [-0.4, -0.2) is 30.3 Å². The van der Waals surface area contributed by atoms with E-state index in [9.17, 15) is 31.5 Å². The van der Waals surface area contributed by atoms with E-state index in [1.54, 1.807) is 5.32 Å². The average molecular weight is 340 g/mol. The van der Waals surface area contributed by atoms with Gasteiger partial charge in [0.25, 0.3) is 0 Å². The standard InChI is InChI=1S/C13H13F5N2O3/c1-3-23-11(22)12(13(16,17)18,19-7(2)21)20-10-5-4-8(14)6-9(10)15/h4-6,20H,3H2,1-2H3,(H,19,21). The predicted octanol–water partition coefficient (Wildman–Crippen LogP) is 2.33. The van der Waals surface area contributed by atoms with Crippen LogP contribution < -0.4 is 10.6 Å². The molecule has 0 radical (unpaired) electrons. The highest BCUT2D eigenvalue weighted by atomic mass is 19.4. The van der Waals surface area contributed by atoms with E-state index in [4.69, 9.17) is 0 Å². The molecule has 1 rings (SSSR count). The third kappa shape index (κ3) is 4.08. The lowest BCUT2D eigenvalue weighted by Crippen LogP contribution is -2.69. The van der Waals surface area contributed by atoms with E-state index in [1.807, 2.05) is 0 Å². The van der Waals surface area contributed by atoms with Gasteiger partial charge < -0.3 is 15.4 Å². The quantitative estimate of drug-likeness (QED) is 0.490. The summed E-state index contributed by atoms with van der Waals surface area (Å²) in [5, 5.41) is 2.97. The molecule has 23 heavy (non-hydrogen) atoms. The van der Waals surface area contributed by atoms with Gasteiger partial charge in [-0.1, -0.05) is 0 Å². The van der Waals surface area contributed by atoms with Crippen molar-refractivity contribution in [1.82, 2.24) is 5.32 Å². The third-order valence-corrected chi connectivity index (χ3v) is 2.62. The van der Waals surface area contributed by atoms with Crippen LogP contribution in [0.5, 0.6) is 0 Å². The number of benzene rings is 1. The van der Waals surface area contributed by atoms with E-state index in [0.717, 1.165) is 6.92 Å². The first-order valence-electron chi connectivity index (χ1n) is 6.29. The molecule has 1 atom stereocenters. The minimum absolute atomic E-state index is 0.322. The molecule has 0 heterocycles. The van der Waals surface area contributed by atoms with Crippen LogP contribution in [0.25, 0.3) is 0 Å². The summed E-state index contributed by atoms with van der Waals surface area (Å²) < 4.78 is 71.1. The molecule has 0 aliphatic carbocycles. The van der Waals surface area contributed by atoms with Crippen LogP contribution in [0.15, 0.2) is 18.2 Å². The number of rotatable bonds is 5. The van der Waals surface area contributed by atoms with E-state index >= 15 is 0 Å². The van der Waals surface area contributed by atoms with E-state index in [0.29, 0.717) is 18.2 Å². The summed E-state index contributed by atoms with van der Waals surface area (Å²) in [4.78, 5) is 22.9. The first kappa shape index (κ1) is 18.7. The van der Waals surface area contributed by atoms with Gasteiger partial charge in [0.1, 0.15) is 11.6 Å². The number of ether oxygens (including phenoxy) is 1. The van der Waals surface area contributed by atoms with Crippen molar-refractivity contribution in [1.29, 1.82) is 0 Å². The number of carbonyl (C=O) groups excluding carboxylic acids is 2. The Kier molecular flexibility index (Phi) is 5.51. The molecule has 0 saturated heterocycles. The number of amides is 1. The first-order chi connectivity index (χ1) is 10.5. The second-order valence-electron chi connectivity index (χ2n) is 4.40. The summed E-state index contributed by atoms with van der Waals surface area (Å²) in [6.07, 6.45) is -5.37. The molecular formula is C13H13F5N2O3. The fourth-order valence-electron chi connectivity index (χ4n) is 1.69. The Morgan fingerprint density at radius 2 is 1.83 bits per heavy atom. The van der Waals surface area contributed by atoms with E-state index in [1.165, 1.54) is 12.2 Å². The number of hydrogen-bond acceptors (Lipinski definition) is 4. The number of carbonyl (C=O) groups is 2. The van der Waals surface area contributed by atoms with Crippen molar-refractivity contribution >= 4 is 17.6 Å². The van der Waals surface area contributed by atoms with Gasteiger partial charge in [-0.25, -0.2) is 13.6 Å². The van der Waals surface area contributed by atoms with Crippen LogP contribution in [0.4, 0.5) is 27.6 Å². The molecule has 10 heteroatoms. The normalized spacial score (nSPS) is 13.9. The van der Waals surface area contributed by atoms with Crippen molar-refractivity contribution in [2.75, 3.05) is 11.9 Å². The summed E-state index contributed by atoms with van der Waals surface area (Å²) in [5.41, 5.74) is -4.56. The van der Waals surface area contributed by atoms with E-state index < -0.39 is 47.6 Å². The number of alkyl halides is 3. The fourth-order valence-corrected chi connectivity index (χ4v) is 1.69. The summed E-state index contributed by atoms with van der Waals surface area (Å²) in [5.74, 6) is -5.51. The maximum absolute atomic E-state index is 13.6. The van der Waals surface area contributed by atoms with Crippen molar-refractivity contribution in [2.24, 2.45) is 0 Å². The monoisotopic (exact) mass is 340 g/mol. The Bertz CT molecular complexity index is 606. The molecule has 2 N–H and O–H groups in total. The highest BCUT2D eigenvalue weighted by Gasteiger charge is 2.63. The SMILES string of the molecule is CCOC(=O)C(NC(C)=O)(Nc1ccc(F)cc1F)C(F)(F)F. The minimum Gasteiger partial charge on any atom is -0.463 e. The van der Waals surface area contributed by atoms with Crippen molar-refractivity contribution in [2.45, 2.75) is 25.7 Å². The topological polar surface area (TPSA) is 67.4 Å². The van der Waals surface area contributed by atoms with Gasteiger partial charge in [0.2, 0.25) is 5.91 Å². The van der Waals surface area contributed by atoms with Crippen LogP contribution in [0.1, 0.15) is 13.8 Å². The highest BCUT2D eigenvalue weighted by molar-refractivity contribution is 5.90. The molecule has 0 spiro atoms. The third-order valence-electron chi connectivity index (χ3n) is 2.62. The molecule has 0 fully saturated rings. The van der Waals surface area contributed by atoms with Gasteiger partial charge in [0, 0.05) is 13.0 Å². The van der Waals surface area contributed by atoms with E-state index in [2.05, 4.69) is 4.74 Å². The van der Waals surface area contributed by atoms with Gasteiger partial charge in [0.15, 0.2) is 0 Å². The summed E-state index contributed by atoms with van der Waals surface area (Å²) in [6, 6.07) is 1.67. The molecule has 1 aromatic rings. The van der Waals surface area contributed by atoms with Gasteiger partial charge in [-0.05, 0) is 19.1 Å². The lowest BCUT2D eigenvalue weighted by Gasteiger charge is -2.35. The number of anilines is 1. The Labute approximate surface area is 127 Å². The molecule has 1 aromatic carbocycles. The second kappa shape index (κ2) is 6.80. The number of nitrogens with one attached hydrogen (secondary N) is 2. The van der Waals surface area contributed by atoms with E-state index in [-0.39, 0.29) is 0 Å². The lowest BCUT2D eigenvalue weighted by atomic mass is 10.1. The number of esters is 1. The van der Waals surface area contributed by atoms with Gasteiger partial charge in [-0.3, -0.25) is 4.79 Å². The molecule has 0 saturated carbocycles. The van der Waals surface area contributed by atoms with Crippen LogP contribution in [0.3, 0.4) is 0 Å². The zero-order valence-electron chi connectivity index (χ0n) is 12.1. The zero-order chi connectivity index (χ0) is 17.8. The molecule has 1 amide bonds. The molecule has 1 unspecified atom stereocenters. The Hall–Kier alpha value is -2.39. The van der Waals surface area contributed by atoms with Crippen molar-refractivity contribution < 1.29 is 36.3 Å². The maximum atomic E-state index is 13.6. The minimum atomic E-state index is -5.37. The Morgan fingerprint density at radius 3 is 2.26 bits per heavy atom. The number of halogens is 5. The predicted molar refractivity (Wildman–Crippen MR) is 69.2 cm³/mol. The molecule has 0 bridgehead atoms. The van der Waals surface area contributed by atoms with Gasteiger partial charge >= 0.3 is 17.8 Å². The molecule has 0 aromatic heterocycles. The second-order valence-corrected chi connectivity index (χ2v) is 4.40. The summed E-state index contributed by atoms with van der Waals surface area (Å²) in [7, 11) is 0. The molecule has 0 aliphatic heterocycles. The fraction of sp³-hybridized carbons (Fsp3) is 0.385. The van der Waals surface area contributed by atoms with Crippen molar-refractivity contribution in [3.63, 3.8) is 0 Å². The smallest absolute Gasteiger partial charge is 0.441 e. The van der Waals surface area contributed by atoms with Gasteiger partial charge in [0.05, 0.1) is 12.3 Å². The molecule has 0 aliphatic rings. The van der Waals surface area contributed by atoms with Crippen LogP contribution >= 0.6 is 0 Å². The average Bonchev–Trinajstić information content (AvgIpc) is 2.39. The lowest BCUT2D eigenvalue weighted by molar-refractivity contribution is -0.207. The molecule has 128 valence electrons. The summed E-state index contributed by atoms with van der Waals surface area (Å²) in [6.45, 7) is 1.58. The van der Waals surface area contributed by atoms with Crippen LogP contribution in [0, 0.1) is 11.6 Å². The Morgan fingerprint density at radius 1 is 1.22 bits per heavy atom. The van der Waals surface area contributed by atoms with Gasteiger partial charge in [-0.15, -0.1) is 0 Å².